The number of nitro benzene ring substituents is 1. The lowest BCUT2D eigenvalue weighted by atomic mass is 10.2. The van der Waals surface area contributed by atoms with E-state index in [-0.39, 0.29) is 30.6 Å². The molecule has 0 saturated carbocycles. The van der Waals surface area contributed by atoms with E-state index in [1.54, 1.807) is 13.8 Å². The van der Waals surface area contributed by atoms with E-state index in [4.69, 9.17) is 9.05 Å². The van der Waals surface area contributed by atoms with E-state index in [0.29, 0.717) is 0 Å². The molecule has 8 heteroatoms. The van der Waals surface area contributed by atoms with Crippen molar-refractivity contribution in [1.82, 2.24) is 0 Å². The average Bonchev–Trinajstić information content (AvgIpc) is 2.32. The molecule has 1 rings (SSSR count). The molecule has 0 amide bonds. The maximum Gasteiger partial charge on any atom is 0.335 e. The first kappa shape index (κ1) is 15.8. The second-order valence-corrected chi connectivity index (χ2v) is 5.69. The van der Waals surface area contributed by atoms with Gasteiger partial charge in [0.25, 0.3) is 5.69 Å². The van der Waals surface area contributed by atoms with Crippen molar-refractivity contribution in [2.45, 2.75) is 20.0 Å². The Bertz CT molecular complexity index is 498. The van der Waals surface area contributed by atoms with Crippen molar-refractivity contribution in [3.05, 3.63) is 39.7 Å². The summed E-state index contributed by atoms with van der Waals surface area (Å²) in [5, 5.41) is 10.5. The van der Waals surface area contributed by atoms with Gasteiger partial charge in [-0.1, -0.05) is 0 Å². The molecule has 0 heterocycles. The Morgan fingerprint density at radius 1 is 1.32 bits per heavy atom. The van der Waals surface area contributed by atoms with Crippen LogP contribution in [0.5, 0.6) is 0 Å². The highest BCUT2D eigenvalue weighted by Crippen LogP contribution is 2.51. The molecule has 6 nitrogen and oxygen atoms in total. The fourth-order valence-corrected chi connectivity index (χ4v) is 3.23. The summed E-state index contributed by atoms with van der Waals surface area (Å²) in [6.07, 6.45) is -0.251. The number of benzene rings is 1. The maximum atomic E-state index is 13.7. The largest absolute Gasteiger partial charge is 0.335 e. The van der Waals surface area contributed by atoms with Gasteiger partial charge in [0.15, 0.2) is 0 Å². The van der Waals surface area contributed by atoms with Gasteiger partial charge in [0.2, 0.25) is 0 Å². The highest BCUT2D eigenvalue weighted by Gasteiger charge is 2.26. The maximum absolute atomic E-state index is 13.7. The Labute approximate surface area is 110 Å². The first-order valence-corrected chi connectivity index (χ1v) is 7.45. The Morgan fingerprint density at radius 2 is 1.89 bits per heavy atom. The summed E-state index contributed by atoms with van der Waals surface area (Å²) in [4.78, 5) is 9.79. The molecule has 0 unspecified atom stereocenters. The third-order valence-corrected chi connectivity index (χ3v) is 4.29. The van der Waals surface area contributed by atoms with Crippen LogP contribution in [0, 0.1) is 15.9 Å². The van der Waals surface area contributed by atoms with Crippen LogP contribution < -0.4 is 0 Å². The molecule has 0 aliphatic rings. The number of hydrogen-bond acceptors (Lipinski definition) is 5. The van der Waals surface area contributed by atoms with Crippen molar-refractivity contribution in [2.24, 2.45) is 0 Å². The van der Waals surface area contributed by atoms with Crippen molar-refractivity contribution in [2.75, 3.05) is 13.2 Å². The van der Waals surface area contributed by atoms with Crippen LogP contribution in [-0.4, -0.2) is 18.1 Å². The molecular formula is C11H15FNO5P. The fourth-order valence-electron chi connectivity index (χ4n) is 1.51. The monoisotopic (exact) mass is 291 g/mol. The van der Waals surface area contributed by atoms with Crippen molar-refractivity contribution in [3.63, 3.8) is 0 Å². The van der Waals surface area contributed by atoms with E-state index in [2.05, 4.69) is 0 Å². The van der Waals surface area contributed by atoms with Crippen LogP contribution >= 0.6 is 7.60 Å². The van der Waals surface area contributed by atoms with Crippen molar-refractivity contribution >= 4 is 13.3 Å². The summed E-state index contributed by atoms with van der Waals surface area (Å²) < 4.78 is 36.0. The van der Waals surface area contributed by atoms with Crippen LogP contribution in [0.3, 0.4) is 0 Å². The smallest absolute Gasteiger partial charge is 0.309 e. The summed E-state index contributed by atoms with van der Waals surface area (Å²) >= 11 is 0. The van der Waals surface area contributed by atoms with E-state index in [0.717, 1.165) is 12.1 Å². The molecule has 0 atom stereocenters. The van der Waals surface area contributed by atoms with Crippen LogP contribution in [0.4, 0.5) is 10.1 Å². The molecule has 0 bridgehead atoms. The molecule has 0 fully saturated rings. The molecule has 1 aromatic rings. The van der Waals surface area contributed by atoms with E-state index in [1.807, 2.05) is 0 Å². The topological polar surface area (TPSA) is 78.7 Å². The van der Waals surface area contributed by atoms with Gasteiger partial charge in [-0.05, 0) is 19.9 Å². The quantitative estimate of drug-likeness (QED) is 0.436. The highest BCUT2D eigenvalue weighted by atomic mass is 31.2. The summed E-state index contributed by atoms with van der Waals surface area (Å²) in [5.41, 5.74) is -0.292. The Hall–Kier alpha value is -1.30. The predicted octanol–water partition coefficient (Wildman–Crippen LogP) is 3.50. The predicted molar refractivity (Wildman–Crippen MR) is 67.6 cm³/mol. The molecule has 0 spiro atoms. The summed E-state index contributed by atoms with van der Waals surface area (Å²) in [7, 11) is -3.42. The van der Waals surface area contributed by atoms with Gasteiger partial charge >= 0.3 is 7.60 Å². The lowest BCUT2D eigenvalue weighted by Gasteiger charge is -2.17. The Kier molecular flexibility index (Phi) is 5.60. The van der Waals surface area contributed by atoms with Crippen molar-refractivity contribution < 1.29 is 22.9 Å². The molecule has 19 heavy (non-hydrogen) atoms. The highest BCUT2D eigenvalue weighted by molar-refractivity contribution is 7.53. The van der Waals surface area contributed by atoms with Crippen LogP contribution in [0.15, 0.2) is 18.2 Å². The minimum absolute atomic E-state index is 0.0656. The summed E-state index contributed by atoms with van der Waals surface area (Å²) in [6.45, 7) is 3.65. The van der Waals surface area contributed by atoms with Crippen LogP contribution in [0.25, 0.3) is 0 Å². The number of nitrogens with zero attached hydrogens (tertiary/aromatic N) is 1. The van der Waals surface area contributed by atoms with E-state index < -0.39 is 18.3 Å². The van der Waals surface area contributed by atoms with Crippen LogP contribution in [-0.2, 0) is 19.8 Å². The first-order valence-electron chi connectivity index (χ1n) is 5.72. The van der Waals surface area contributed by atoms with Gasteiger partial charge in [0, 0.05) is 11.6 Å². The molecule has 106 valence electrons. The second kappa shape index (κ2) is 6.75. The van der Waals surface area contributed by atoms with Gasteiger partial charge in [0.1, 0.15) is 5.82 Å². The molecular weight excluding hydrogens is 276 g/mol. The summed E-state index contributed by atoms with van der Waals surface area (Å²) in [6, 6.07) is 3.16. The lowest BCUT2D eigenvalue weighted by Crippen LogP contribution is -2.01. The zero-order valence-corrected chi connectivity index (χ0v) is 11.6. The summed E-state index contributed by atoms with van der Waals surface area (Å²) in [5.74, 6) is -0.797. The molecule has 0 saturated heterocycles. The van der Waals surface area contributed by atoms with Gasteiger partial charge in [-0.2, -0.15) is 0 Å². The molecule has 0 aliphatic heterocycles. The SMILES string of the molecule is CCOP(=O)(Cc1ccc([N+](=O)[O-])cc1F)OCC. The van der Waals surface area contributed by atoms with Crippen LogP contribution in [0.1, 0.15) is 19.4 Å². The number of halogens is 1. The fraction of sp³-hybridized carbons (Fsp3) is 0.455. The van der Waals surface area contributed by atoms with Crippen molar-refractivity contribution in [1.29, 1.82) is 0 Å². The first-order chi connectivity index (χ1) is 8.91. The zero-order chi connectivity index (χ0) is 14.5. The van der Waals surface area contributed by atoms with Gasteiger partial charge in [-0.15, -0.1) is 0 Å². The number of hydrogen-bond donors (Lipinski definition) is 0. The zero-order valence-electron chi connectivity index (χ0n) is 10.7. The third kappa shape index (κ3) is 4.38. The van der Waals surface area contributed by atoms with Gasteiger partial charge in [-0.3, -0.25) is 14.7 Å². The van der Waals surface area contributed by atoms with E-state index >= 15 is 0 Å². The van der Waals surface area contributed by atoms with Crippen molar-refractivity contribution in [3.8, 4) is 0 Å². The van der Waals surface area contributed by atoms with E-state index in [1.165, 1.54) is 6.07 Å². The Morgan fingerprint density at radius 3 is 2.32 bits per heavy atom. The lowest BCUT2D eigenvalue weighted by molar-refractivity contribution is -0.385. The number of rotatable bonds is 7. The van der Waals surface area contributed by atoms with Gasteiger partial charge < -0.3 is 9.05 Å². The molecule has 0 aliphatic carbocycles. The van der Waals surface area contributed by atoms with Gasteiger partial charge in [-0.25, -0.2) is 4.39 Å². The van der Waals surface area contributed by atoms with Crippen LogP contribution in [0.2, 0.25) is 0 Å². The minimum atomic E-state index is -3.42. The second-order valence-electron chi connectivity index (χ2n) is 3.64. The number of nitro groups is 1. The average molecular weight is 291 g/mol. The Balaban J connectivity index is 2.97. The molecule has 0 N–H and O–H groups in total. The van der Waals surface area contributed by atoms with Gasteiger partial charge in [0.05, 0.1) is 30.4 Å². The number of non-ortho nitro benzene ring substituents is 1. The normalized spacial score (nSPS) is 11.5. The molecule has 0 radical (unpaired) electrons. The standard InChI is InChI=1S/C11H15FNO5P/c1-3-17-19(16,18-4-2)8-9-5-6-10(13(14)15)7-11(9)12/h5-7H,3-4,8H2,1-2H3. The molecule has 1 aromatic carbocycles. The van der Waals surface area contributed by atoms with E-state index in [9.17, 15) is 19.1 Å². The molecule has 0 aromatic heterocycles. The minimum Gasteiger partial charge on any atom is -0.309 e. The third-order valence-electron chi connectivity index (χ3n) is 2.26.